The molecule has 118 valence electrons. The SMILES string of the molecule is CCOC1(c2nc(CC(C)C)c(I)c(NC)n2)CCCC1. The van der Waals surface area contributed by atoms with E-state index in [2.05, 4.69) is 48.7 Å². The Kier molecular flexibility index (Phi) is 5.82. The number of anilines is 1. The van der Waals surface area contributed by atoms with Crippen LogP contribution in [0.5, 0.6) is 0 Å². The largest absolute Gasteiger partial charge is 0.372 e. The molecule has 0 radical (unpaired) electrons. The lowest BCUT2D eigenvalue weighted by atomic mass is 10.00. The van der Waals surface area contributed by atoms with E-state index in [1.807, 2.05) is 7.05 Å². The molecule has 1 heterocycles. The fourth-order valence-corrected chi connectivity index (χ4v) is 3.77. The summed E-state index contributed by atoms with van der Waals surface area (Å²) in [6.07, 6.45) is 5.44. The molecule has 0 saturated heterocycles. The van der Waals surface area contributed by atoms with Crippen LogP contribution in [-0.2, 0) is 16.8 Å². The monoisotopic (exact) mass is 403 g/mol. The van der Waals surface area contributed by atoms with Gasteiger partial charge in [-0.15, -0.1) is 0 Å². The van der Waals surface area contributed by atoms with E-state index in [1.54, 1.807) is 0 Å². The van der Waals surface area contributed by atoms with Gasteiger partial charge in [-0.2, -0.15) is 0 Å². The summed E-state index contributed by atoms with van der Waals surface area (Å²) in [5.41, 5.74) is 0.877. The molecule has 0 aliphatic heterocycles. The number of hydrogen-bond acceptors (Lipinski definition) is 4. The smallest absolute Gasteiger partial charge is 0.162 e. The van der Waals surface area contributed by atoms with Crippen molar-refractivity contribution in [3.8, 4) is 0 Å². The molecule has 0 bridgehead atoms. The van der Waals surface area contributed by atoms with Gasteiger partial charge < -0.3 is 10.1 Å². The van der Waals surface area contributed by atoms with E-state index in [0.717, 1.165) is 40.2 Å². The number of rotatable bonds is 6. The summed E-state index contributed by atoms with van der Waals surface area (Å²) in [6.45, 7) is 7.22. The quantitative estimate of drug-likeness (QED) is 0.726. The van der Waals surface area contributed by atoms with Gasteiger partial charge in [0.25, 0.3) is 0 Å². The Morgan fingerprint density at radius 3 is 2.48 bits per heavy atom. The fourth-order valence-electron chi connectivity index (χ4n) is 3.04. The van der Waals surface area contributed by atoms with Crippen LogP contribution in [0.4, 0.5) is 5.82 Å². The van der Waals surface area contributed by atoms with E-state index in [0.29, 0.717) is 12.5 Å². The van der Waals surface area contributed by atoms with Gasteiger partial charge in [-0.25, -0.2) is 9.97 Å². The Balaban J connectivity index is 2.47. The van der Waals surface area contributed by atoms with Crippen molar-refractivity contribution in [1.82, 2.24) is 9.97 Å². The first-order valence-corrected chi connectivity index (χ1v) is 8.99. The molecular weight excluding hydrogens is 377 g/mol. The Morgan fingerprint density at radius 2 is 1.95 bits per heavy atom. The highest BCUT2D eigenvalue weighted by Gasteiger charge is 2.40. The summed E-state index contributed by atoms with van der Waals surface area (Å²) in [6, 6.07) is 0. The minimum absolute atomic E-state index is 0.267. The molecule has 0 spiro atoms. The van der Waals surface area contributed by atoms with E-state index in [4.69, 9.17) is 14.7 Å². The summed E-state index contributed by atoms with van der Waals surface area (Å²) in [4.78, 5) is 9.69. The van der Waals surface area contributed by atoms with Crippen molar-refractivity contribution in [3.63, 3.8) is 0 Å². The second-order valence-electron chi connectivity index (χ2n) is 6.14. The summed E-state index contributed by atoms with van der Waals surface area (Å²) in [5, 5.41) is 3.22. The Bertz CT molecular complexity index is 485. The standard InChI is InChI=1S/C16H26IN3O/c1-5-21-16(8-6-7-9-16)15-19-12(10-11(2)3)13(17)14(18-4)20-15/h11H,5-10H2,1-4H3,(H,18,19,20). The van der Waals surface area contributed by atoms with Crippen LogP contribution in [0, 0.1) is 9.49 Å². The van der Waals surface area contributed by atoms with Gasteiger partial charge in [-0.1, -0.05) is 13.8 Å². The molecule has 1 aliphatic carbocycles. The van der Waals surface area contributed by atoms with Crippen LogP contribution >= 0.6 is 22.6 Å². The average Bonchev–Trinajstić information content (AvgIpc) is 2.90. The van der Waals surface area contributed by atoms with E-state index in [9.17, 15) is 0 Å². The maximum atomic E-state index is 6.12. The Hall–Kier alpha value is -0.430. The normalized spacial score (nSPS) is 17.4. The number of nitrogens with one attached hydrogen (secondary N) is 1. The maximum absolute atomic E-state index is 6.12. The minimum Gasteiger partial charge on any atom is -0.372 e. The van der Waals surface area contributed by atoms with E-state index in [1.165, 1.54) is 12.8 Å². The zero-order valence-electron chi connectivity index (χ0n) is 13.5. The summed E-state index contributed by atoms with van der Waals surface area (Å²) < 4.78 is 7.26. The first kappa shape index (κ1) is 16.9. The van der Waals surface area contributed by atoms with Gasteiger partial charge in [0.2, 0.25) is 0 Å². The lowest BCUT2D eigenvalue weighted by Gasteiger charge is -2.28. The van der Waals surface area contributed by atoms with Crippen molar-refractivity contribution < 1.29 is 4.74 Å². The van der Waals surface area contributed by atoms with Crippen LogP contribution in [0.25, 0.3) is 0 Å². The highest BCUT2D eigenvalue weighted by atomic mass is 127. The van der Waals surface area contributed by atoms with E-state index in [-0.39, 0.29) is 5.60 Å². The third kappa shape index (κ3) is 3.67. The van der Waals surface area contributed by atoms with Crippen molar-refractivity contribution in [2.24, 2.45) is 5.92 Å². The topological polar surface area (TPSA) is 47.0 Å². The molecule has 0 atom stereocenters. The Morgan fingerprint density at radius 1 is 1.29 bits per heavy atom. The summed E-state index contributed by atoms with van der Waals surface area (Å²) in [5.74, 6) is 2.39. The average molecular weight is 403 g/mol. The minimum atomic E-state index is -0.267. The van der Waals surface area contributed by atoms with Crippen LogP contribution in [0.15, 0.2) is 0 Å². The number of nitrogens with zero attached hydrogens (tertiary/aromatic N) is 2. The molecule has 4 nitrogen and oxygen atoms in total. The van der Waals surface area contributed by atoms with E-state index >= 15 is 0 Å². The first-order valence-electron chi connectivity index (χ1n) is 7.91. The second-order valence-corrected chi connectivity index (χ2v) is 7.22. The van der Waals surface area contributed by atoms with Gasteiger partial charge in [0.05, 0.1) is 9.26 Å². The predicted molar refractivity (Wildman–Crippen MR) is 94.6 cm³/mol. The lowest BCUT2D eigenvalue weighted by molar-refractivity contribution is -0.0457. The number of aromatic nitrogens is 2. The highest BCUT2D eigenvalue weighted by Crippen LogP contribution is 2.41. The van der Waals surface area contributed by atoms with Crippen molar-refractivity contribution in [2.45, 2.75) is 58.5 Å². The van der Waals surface area contributed by atoms with Gasteiger partial charge in [0.15, 0.2) is 5.82 Å². The van der Waals surface area contributed by atoms with Gasteiger partial charge >= 0.3 is 0 Å². The third-order valence-corrected chi connectivity index (χ3v) is 5.13. The molecule has 1 N–H and O–H groups in total. The molecule has 1 aromatic rings. The lowest BCUT2D eigenvalue weighted by Crippen LogP contribution is -2.30. The molecule has 5 heteroatoms. The molecule has 2 rings (SSSR count). The van der Waals surface area contributed by atoms with E-state index < -0.39 is 0 Å². The van der Waals surface area contributed by atoms with Crippen molar-refractivity contribution in [3.05, 3.63) is 15.1 Å². The molecule has 1 saturated carbocycles. The summed E-state index contributed by atoms with van der Waals surface area (Å²) in [7, 11) is 1.93. The van der Waals surface area contributed by atoms with Gasteiger partial charge in [-0.3, -0.25) is 0 Å². The Labute approximate surface area is 141 Å². The maximum Gasteiger partial charge on any atom is 0.162 e. The van der Waals surface area contributed by atoms with Crippen LogP contribution in [0.2, 0.25) is 0 Å². The molecule has 0 aromatic carbocycles. The fraction of sp³-hybridized carbons (Fsp3) is 0.750. The highest BCUT2D eigenvalue weighted by molar-refractivity contribution is 14.1. The number of hydrogen-bond donors (Lipinski definition) is 1. The number of ether oxygens (including phenoxy) is 1. The van der Waals surface area contributed by atoms with Crippen LogP contribution in [0.1, 0.15) is 58.0 Å². The van der Waals surface area contributed by atoms with Gasteiger partial charge in [0.1, 0.15) is 11.4 Å². The van der Waals surface area contributed by atoms with Crippen LogP contribution < -0.4 is 5.32 Å². The molecule has 0 unspecified atom stereocenters. The first-order chi connectivity index (χ1) is 10.0. The van der Waals surface area contributed by atoms with Crippen LogP contribution in [-0.4, -0.2) is 23.6 Å². The van der Waals surface area contributed by atoms with Crippen molar-refractivity contribution >= 4 is 28.4 Å². The zero-order chi connectivity index (χ0) is 15.5. The molecule has 1 aliphatic rings. The predicted octanol–water partition coefficient (Wildman–Crippen LogP) is 4.13. The molecule has 21 heavy (non-hydrogen) atoms. The number of halogens is 1. The third-order valence-electron chi connectivity index (χ3n) is 4.00. The molecule has 1 aromatic heterocycles. The molecule has 1 fully saturated rings. The molecular formula is C16H26IN3O. The second kappa shape index (κ2) is 7.22. The van der Waals surface area contributed by atoms with Gasteiger partial charge in [0, 0.05) is 13.7 Å². The summed E-state index contributed by atoms with van der Waals surface area (Å²) >= 11 is 2.35. The zero-order valence-corrected chi connectivity index (χ0v) is 15.7. The van der Waals surface area contributed by atoms with Crippen molar-refractivity contribution in [1.29, 1.82) is 0 Å². The van der Waals surface area contributed by atoms with Crippen molar-refractivity contribution in [2.75, 3.05) is 19.0 Å². The molecule has 0 amide bonds. The van der Waals surface area contributed by atoms with Gasteiger partial charge in [-0.05, 0) is 67.5 Å². The van der Waals surface area contributed by atoms with Crippen LogP contribution in [0.3, 0.4) is 0 Å².